The zero-order valence-corrected chi connectivity index (χ0v) is 15.7. The normalized spacial score (nSPS) is 10.2. The van der Waals surface area contributed by atoms with E-state index in [1.807, 2.05) is 18.6 Å². The van der Waals surface area contributed by atoms with E-state index in [1.54, 1.807) is 18.4 Å². The number of likely N-dealkylation sites (N-methyl/N-ethyl adjacent to an activating group) is 1. The van der Waals surface area contributed by atoms with Crippen molar-refractivity contribution < 1.29 is 14.6 Å². The maximum absolute atomic E-state index is 8.36. The average molecular weight is 351 g/mol. The van der Waals surface area contributed by atoms with Gasteiger partial charge in [0.2, 0.25) is 0 Å². The second-order valence-electron chi connectivity index (χ2n) is 5.50. The number of aryl methyl sites for hydroxylation is 2. The highest BCUT2D eigenvalue weighted by Gasteiger charge is 2.12. The number of aromatic nitrogens is 2. The maximum atomic E-state index is 8.36. The number of methoxy groups -OCH3 is 1. The van der Waals surface area contributed by atoms with Gasteiger partial charge < -0.3 is 14.7 Å². The van der Waals surface area contributed by atoms with Crippen LogP contribution in [0.15, 0.2) is 11.7 Å². The van der Waals surface area contributed by atoms with Crippen molar-refractivity contribution in [2.75, 3.05) is 20.7 Å². The molecule has 2 heterocycles. The minimum Gasteiger partial charge on any atom is -0.496 e. The van der Waals surface area contributed by atoms with E-state index >= 15 is 0 Å². The largest absolute Gasteiger partial charge is 0.496 e. The summed E-state index contributed by atoms with van der Waals surface area (Å²) in [5.74, 6) is 0.951. The van der Waals surface area contributed by atoms with Crippen LogP contribution in [-0.4, -0.2) is 47.1 Å². The third-order valence-electron chi connectivity index (χ3n) is 3.73. The van der Waals surface area contributed by atoms with Crippen molar-refractivity contribution >= 4 is 17.8 Å². The summed E-state index contributed by atoms with van der Waals surface area (Å²) >= 11 is 1.74. The van der Waals surface area contributed by atoms with Gasteiger partial charge in [-0.15, -0.1) is 11.3 Å². The van der Waals surface area contributed by atoms with Gasteiger partial charge in [-0.05, 0) is 34.2 Å². The molecule has 0 radical (unpaired) electrons. The van der Waals surface area contributed by atoms with Gasteiger partial charge in [0.1, 0.15) is 5.75 Å². The number of hydrogen-bond acceptors (Lipinski definition) is 6. The first-order valence-corrected chi connectivity index (χ1v) is 8.46. The lowest BCUT2D eigenvalue weighted by Crippen LogP contribution is -2.22. The Morgan fingerprint density at radius 2 is 2.00 bits per heavy atom. The van der Waals surface area contributed by atoms with Crippen LogP contribution in [-0.2, 0) is 17.8 Å². The molecular formula is C17H25N3O3S. The van der Waals surface area contributed by atoms with Crippen LogP contribution in [0.4, 0.5) is 0 Å². The standard InChI is InChI=1S/C16H23N3OS.CH2O2/c1-11-8-17-14(12(2)16(11)20-5)9-19(4)7-6-15-13(3)18-10-21-15;2-1-3/h8,10H,6-7,9H2,1-5H3;1H,(H,2,3). The molecule has 7 heteroatoms. The Hall–Kier alpha value is -1.99. The molecule has 0 bridgehead atoms. The lowest BCUT2D eigenvalue weighted by molar-refractivity contribution is -0.122. The molecule has 0 unspecified atom stereocenters. The van der Waals surface area contributed by atoms with Crippen molar-refractivity contribution in [3.05, 3.63) is 39.1 Å². The van der Waals surface area contributed by atoms with Gasteiger partial charge in [-0.2, -0.15) is 0 Å². The molecule has 0 aliphatic rings. The molecule has 24 heavy (non-hydrogen) atoms. The summed E-state index contributed by atoms with van der Waals surface area (Å²) in [7, 11) is 3.85. The van der Waals surface area contributed by atoms with E-state index in [-0.39, 0.29) is 6.47 Å². The lowest BCUT2D eigenvalue weighted by Gasteiger charge is -2.18. The molecule has 0 fully saturated rings. The Labute approximate surface area is 147 Å². The molecule has 132 valence electrons. The smallest absolute Gasteiger partial charge is 0.290 e. The van der Waals surface area contributed by atoms with Crippen LogP contribution < -0.4 is 4.74 Å². The molecule has 0 aliphatic carbocycles. The van der Waals surface area contributed by atoms with Gasteiger partial charge in [-0.3, -0.25) is 9.78 Å². The number of rotatable bonds is 6. The van der Waals surface area contributed by atoms with Crippen molar-refractivity contribution in [1.82, 2.24) is 14.9 Å². The summed E-state index contributed by atoms with van der Waals surface area (Å²) in [6.45, 7) is 7.76. The Kier molecular flexibility index (Phi) is 8.35. The summed E-state index contributed by atoms with van der Waals surface area (Å²) in [6.07, 6.45) is 2.93. The number of thiazole rings is 1. The first-order valence-electron chi connectivity index (χ1n) is 7.59. The van der Waals surface area contributed by atoms with E-state index in [4.69, 9.17) is 14.6 Å². The number of nitrogens with zero attached hydrogens (tertiary/aromatic N) is 3. The SMILES string of the molecule is COc1c(C)cnc(CN(C)CCc2scnc2C)c1C.O=CO. The molecule has 0 saturated carbocycles. The molecule has 0 aromatic carbocycles. The third-order valence-corrected chi connectivity index (χ3v) is 4.73. The molecular weight excluding hydrogens is 326 g/mol. The number of hydrogen-bond donors (Lipinski definition) is 1. The summed E-state index contributed by atoms with van der Waals surface area (Å²) in [5, 5.41) is 6.89. The molecule has 2 aromatic heterocycles. The lowest BCUT2D eigenvalue weighted by atomic mass is 10.1. The minimum atomic E-state index is -0.250. The molecule has 2 aromatic rings. The van der Waals surface area contributed by atoms with Crippen molar-refractivity contribution in [2.24, 2.45) is 0 Å². The number of carboxylic acid groups (broad SMARTS) is 1. The van der Waals surface area contributed by atoms with Crippen LogP contribution in [0, 0.1) is 20.8 Å². The van der Waals surface area contributed by atoms with Crippen molar-refractivity contribution in [3.8, 4) is 5.75 Å². The Balaban J connectivity index is 0.000000891. The third kappa shape index (κ3) is 5.58. The minimum absolute atomic E-state index is 0.250. The van der Waals surface area contributed by atoms with Crippen LogP contribution in [0.2, 0.25) is 0 Å². The van der Waals surface area contributed by atoms with Gasteiger partial charge in [0.15, 0.2) is 0 Å². The second-order valence-corrected chi connectivity index (χ2v) is 6.44. The highest BCUT2D eigenvalue weighted by atomic mass is 32.1. The van der Waals surface area contributed by atoms with Crippen LogP contribution in [0.3, 0.4) is 0 Å². The molecule has 1 N–H and O–H groups in total. The first kappa shape index (κ1) is 20.1. The van der Waals surface area contributed by atoms with Gasteiger partial charge in [-0.25, -0.2) is 4.98 Å². The number of carbonyl (C=O) groups is 1. The zero-order valence-electron chi connectivity index (χ0n) is 14.9. The Bertz CT molecular complexity index is 659. The van der Waals surface area contributed by atoms with E-state index in [0.29, 0.717) is 0 Å². The summed E-state index contributed by atoms with van der Waals surface area (Å²) in [4.78, 5) is 20.9. The fourth-order valence-electron chi connectivity index (χ4n) is 2.42. The highest BCUT2D eigenvalue weighted by molar-refractivity contribution is 7.09. The summed E-state index contributed by atoms with van der Waals surface area (Å²) in [6, 6.07) is 0. The topological polar surface area (TPSA) is 75.5 Å². The quantitative estimate of drug-likeness (QED) is 0.807. The fraction of sp³-hybridized carbons (Fsp3) is 0.471. The maximum Gasteiger partial charge on any atom is 0.290 e. The molecule has 0 spiro atoms. The monoisotopic (exact) mass is 351 g/mol. The van der Waals surface area contributed by atoms with E-state index < -0.39 is 0 Å². The Morgan fingerprint density at radius 3 is 2.54 bits per heavy atom. The van der Waals surface area contributed by atoms with Gasteiger partial charge >= 0.3 is 0 Å². The van der Waals surface area contributed by atoms with E-state index in [0.717, 1.165) is 47.8 Å². The average Bonchev–Trinajstić information content (AvgIpc) is 2.95. The fourth-order valence-corrected chi connectivity index (χ4v) is 3.19. The predicted octanol–water partition coefficient (Wildman–Crippen LogP) is 2.85. The second kappa shape index (κ2) is 10.00. The van der Waals surface area contributed by atoms with E-state index in [9.17, 15) is 0 Å². The molecule has 0 saturated heterocycles. The molecule has 2 rings (SSSR count). The van der Waals surface area contributed by atoms with Crippen LogP contribution in [0.1, 0.15) is 27.4 Å². The predicted molar refractivity (Wildman–Crippen MR) is 95.8 cm³/mol. The van der Waals surface area contributed by atoms with Crippen molar-refractivity contribution in [2.45, 2.75) is 33.7 Å². The van der Waals surface area contributed by atoms with Crippen LogP contribution >= 0.6 is 11.3 Å². The van der Waals surface area contributed by atoms with Gasteiger partial charge in [-0.1, -0.05) is 0 Å². The van der Waals surface area contributed by atoms with Crippen molar-refractivity contribution in [3.63, 3.8) is 0 Å². The number of pyridine rings is 1. The number of ether oxygens (including phenoxy) is 1. The van der Waals surface area contributed by atoms with Gasteiger partial charge in [0.25, 0.3) is 6.47 Å². The Morgan fingerprint density at radius 1 is 1.33 bits per heavy atom. The molecule has 0 aliphatic heterocycles. The van der Waals surface area contributed by atoms with E-state index in [1.165, 1.54) is 4.88 Å². The first-order chi connectivity index (χ1) is 11.4. The van der Waals surface area contributed by atoms with Crippen LogP contribution in [0.5, 0.6) is 5.75 Å². The molecule has 0 amide bonds. The molecule has 6 nitrogen and oxygen atoms in total. The summed E-state index contributed by atoms with van der Waals surface area (Å²) in [5.41, 5.74) is 6.38. The summed E-state index contributed by atoms with van der Waals surface area (Å²) < 4.78 is 5.47. The highest BCUT2D eigenvalue weighted by Crippen LogP contribution is 2.24. The van der Waals surface area contributed by atoms with E-state index in [2.05, 4.69) is 35.8 Å². The van der Waals surface area contributed by atoms with Crippen molar-refractivity contribution in [1.29, 1.82) is 0 Å². The van der Waals surface area contributed by atoms with Crippen LogP contribution in [0.25, 0.3) is 0 Å². The van der Waals surface area contributed by atoms with Gasteiger partial charge in [0, 0.05) is 35.3 Å². The molecule has 0 atom stereocenters. The van der Waals surface area contributed by atoms with Gasteiger partial charge in [0.05, 0.1) is 24.0 Å². The zero-order chi connectivity index (χ0) is 18.1.